The standard InChI is InChI=1S/C30H38N2O4/c1-3-36-26-18-17-22(19-27(26)35-2)29-30(34)31(23-13-6-4-5-7-14-23)20-28(33)32(29)25-16-10-12-21-11-8-9-15-24(21)25/h8-9,11,15,17-19,23,25,29H,3-7,10,12-14,16,20H2,1-2H3. The van der Waals surface area contributed by atoms with Gasteiger partial charge in [0, 0.05) is 6.04 Å². The summed E-state index contributed by atoms with van der Waals surface area (Å²) in [6.07, 6.45) is 9.48. The largest absolute Gasteiger partial charge is 0.493 e. The summed E-state index contributed by atoms with van der Waals surface area (Å²) in [6, 6.07) is 13.4. The van der Waals surface area contributed by atoms with Gasteiger partial charge >= 0.3 is 0 Å². The molecule has 6 heteroatoms. The molecule has 2 amide bonds. The highest BCUT2D eigenvalue weighted by Gasteiger charge is 2.46. The highest BCUT2D eigenvalue weighted by Crippen LogP contribution is 2.43. The van der Waals surface area contributed by atoms with Crippen molar-refractivity contribution in [2.45, 2.75) is 82.8 Å². The lowest BCUT2D eigenvalue weighted by molar-refractivity contribution is -0.162. The molecular weight excluding hydrogens is 452 g/mol. The monoisotopic (exact) mass is 490 g/mol. The molecule has 36 heavy (non-hydrogen) atoms. The molecule has 5 rings (SSSR count). The molecule has 0 radical (unpaired) electrons. The van der Waals surface area contributed by atoms with Gasteiger partial charge in [0.15, 0.2) is 11.5 Å². The van der Waals surface area contributed by atoms with Gasteiger partial charge in [-0.25, -0.2) is 0 Å². The van der Waals surface area contributed by atoms with Crippen LogP contribution in [0.15, 0.2) is 42.5 Å². The lowest BCUT2D eigenvalue weighted by atomic mass is 9.84. The van der Waals surface area contributed by atoms with E-state index in [-0.39, 0.29) is 30.4 Å². The van der Waals surface area contributed by atoms with Crippen molar-refractivity contribution in [1.82, 2.24) is 9.80 Å². The van der Waals surface area contributed by atoms with E-state index in [0.29, 0.717) is 18.1 Å². The van der Waals surface area contributed by atoms with E-state index >= 15 is 0 Å². The fourth-order valence-electron chi connectivity index (χ4n) is 6.41. The zero-order valence-electron chi connectivity index (χ0n) is 21.6. The third kappa shape index (κ3) is 4.70. The summed E-state index contributed by atoms with van der Waals surface area (Å²) in [5, 5.41) is 0. The number of nitrogens with zero attached hydrogens (tertiary/aromatic N) is 2. The number of aryl methyl sites for hydroxylation is 1. The summed E-state index contributed by atoms with van der Waals surface area (Å²) in [6.45, 7) is 2.63. The predicted molar refractivity (Wildman–Crippen MR) is 139 cm³/mol. The number of piperazine rings is 1. The number of carbonyl (C=O) groups excluding carboxylic acids is 2. The maximum absolute atomic E-state index is 14.3. The van der Waals surface area contributed by atoms with Crippen molar-refractivity contribution in [3.05, 3.63) is 59.2 Å². The Bertz CT molecular complexity index is 1090. The van der Waals surface area contributed by atoms with E-state index in [0.717, 1.165) is 50.5 Å². The van der Waals surface area contributed by atoms with Crippen LogP contribution in [0.3, 0.4) is 0 Å². The summed E-state index contributed by atoms with van der Waals surface area (Å²) in [5.74, 6) is 1.31. The number of ether oxygens (including phenoxy) is 2. The SMILES string of the molecule is CCOc1ccc(C2C(=O)N(C3CCCCCC3)CC(=O)N2C2CCCc3ccccc32)cc1OC. The van der Waals surface area contributed by atoms with Gasteiger partial charge in [0.1, 0.15) is 12.6 Å². The average Bonchev–Trinajstić information content (AvgIpc) is 3.19. The molecule has 2 aromatic rings. The molecule has 0 N–H and O–H groups in total. The van der Waals surface area contributed by atoms with Gasteiger partial charge in [-0.05, 0) is 67.9 Å². The van der Waals surface area contributed by atoms with Crippen molar-refractivity contribution in [2.75, 3.05) is 20.3 Å². The van der Waals surface area contributed by atoms with Gasteiger partial charge in [-0.3, -0.25) is 9.59 Å². The van der Waals surface area contributed by atoms with Crippen LogP contribution in [0.25, 0.3) is 0 Å². The van der Waals surface area contributed by atoms with E-state index in [1.54, 1.807) is 7.11 Å². The van der Waals surface area contributed by atoms with Crippen molar-refractivity contribution in [3.63, 3.8) is 0 Å². The van der Waals surface area contributed by atoms with Crippen molar-refractivity contribution < 1.29 is 19.1 Å². The molecule has 1 heterocycles. The van der Waals surface area contributed by atoms with E-state index in [1.165, 1.54) is 24.0 Å². The maximum atomic E-state index is 14.3. The Kier molecular flexibility index (Phi) is 7.49. The second kappa shape index (κ2) is 10.9. The van der Waals surface area contributed by atoms with Crippen LogP contribution in [0.5, 0.6) is 11.5 Å². The Morgan fingerprint density at radius 2 is 1.69 bits per heavy atom. The quantitative estimate of drug-likeness (QED) is 0.494. The Morgan fingerprint density at radius 3 is 2.44 bits per heavy atom. The molecular formula is C30H38N2O4. The first-order valence-corrected chi connectivity index (χ1v) is 13.6. The Labute approximate surface area is 214 Å². The molecule has 2 aromatic carbocycles. The third-order valence-electron chi connectivity index (χ3n) is 8.13. The molecule has 2 unspecified atom stereocenters. The highest BCUT2D eigenvalue weighted by atomic mass is 16.5. The molecule has 2 aliphatic carbocycles. The maximum Gasteiger partial charge on any atom is 0.250 e. The van der Waals surface area contributed by atoms with Crippen molar-refractivity contribution >= 4 is 11.8 Å². The molecule has 0 spiro atoms. The van der Waals surface area contributed by atoms with Crippen LogP contribution in [0.2, 0.25) is 0 Å². The summed E-state index contributed by atoms with van der Waals surface area (Å²) in [7, 11) is 1.61. The number of hydrogen-bond acceptors (Lipinski definition) is 4. The fourth-order valence-corrected chi connectivity index (χ4v) is 6.41. The van der Waals surface area contributed by atoms with Crippen LogP contribution in [-0.2, 0) is 16.0 Å². The van der Waals surface area contributed by atoms with Crippen LogP contribution in [-0.4, -0.2) is 47.9 Å². The zero-order valence-corrected chi connectivity index (χ0v) is 21.6. The molecule has 1 aliphatic heterocycles. The number of hydrogen-bond donors (Lipinski definition) is 0. The van der Waals surface area contributed by atoms with Gasteiger partial charge in [-0.1, -0.05) is 56.0 Å². The topological polar surface area (TPSA) is 59.1 Å². The van der Waals surface area contributed by atoms with Gasteiger partial charge in [0.2, 0.25) is 5.91 Å². The van der Waals surface area contributed by atoms with Gasteiger partial charge in [0.05, 0.1) is 19.8 Å². The Morgan fingerprint density at radius 1 is 0.917 bits per heavy atom. The van der Waals surface area contributed by atoms with Gasteiger partial charge in [-0.15, -0.1) is 0 Å². The first kappa shape index (κ1) is 24.7. The second-order valence-corrected chi connectivity index (χ2v) is 10.3. The molecule has 3 aliphatic rings. The molecule has 2 atom stereocenters. The first-order valence-electron chi connectivity index (χ1n) is 13.6. The molecule has 1 saturated carbocycles. The minimum atomic E-state index is -0.671. The number of amides is 2. The number of rotatable bonds is 6. The number of benzene rings is 2. The minimum Gasteiger partial charge on any atom is -0.493 e. The lowest BCUT2D eigenvalue weighted by Gasteiger charge is -2.47. The third-order valence-corrected chi connectivity index (χ3v) is 8.13. The predicted octanol–water partition coefficient (Wildman–Crippen LogP) is 5.61. The van der Waals surface area contributed by atoms with Crippen molar-refractivity contribution in [1.29, 1.82) is 0 Å². The van der Waals surface area contributed by atoms with E-state index < -0.39 is 6.04 Å². The van der Waals surface area contributed by atoms with E-state index in [4.69, 9.17) is 9.47 Å². The van der Waals surface area contributed by atoms with Crippen LogP contribution in [0, 0.1) is 0 Å². The summed E-state index contributed by atoms with van der Waals surface area (Å²) >= 11 is 0. The van der Waals surface area contributed by atoms with E-state index in [1.807, 2.05) is 41.0 Å². The normalized spacial score (nSPS) is 23.3. The van der Waals surface area contributed by atoms with Crippen LogP contribution in [0.4, 0.5) is 0 Å². The zero-order chi connectivity index (χ0) is 25.1. The van der Waals surface area contributed by atoms with Crippen LogP contribution < -0.4 is 9.47 Å². The second-order valence-electron chi connectivity index (χ2n) is 10.3. The van der Waals surface area contributed by atoms with Crippen molar-refractivity contribution in [2.24, 2.45) is 0 Å². The van der Waals surface area contributed by atoms with Gasteiger partial charge in [0.25, 0.3) is 5.91 Å². The van der Waals surface area contributed by atoms with E-state index in [9.17, 15) is 9.59 Å². The minimum absolute atomic E-state index is 0.0377. The number of fused-ring (bicyclic) bond motifs is 1. The molecule has 0 bridgehead atoms. The van der Waals surface area contributed by atoms with Gasteiger partial charge in [-0.2, -0.15) is 0 Å². The van der Waals surface area contributed by atoms with E-state index in [2.05, 4.69) is 18.2 Å². The molecule has 192 valence electrons. The van der Waals surface area contributed by atoms with Crippen LogP contribution in [0.1, 0.15) is 87.1 Å². The molecule has 6 nitrogen and oxygen atoms in total. The van der Waals surface area contributed by atoms with Crippen LogP contribution >= 0.6 is 0 Å². The van der Waals surface area contributed by atoms with Gasteiger partial charge < -0.3 is 19.3 Å². The van der Waals surface area contributed by atoms with Crippen molar-refractivity contribution in [3.8, 4) is 11.5 Å². The fraction of sp³-hybridized carbons (Fsp3) is 0.533. The highest BCUT2D eigenvalue weighted by molar-refractivity contribution is 5.96. The smallest absolute Gasteiger partial charge is 0.250 e. The lowest BCUT2D eigenvalue weighted by Crippen LogP contribution is -2.59. The molecule has 0 aromatic heterocycles. The number of methoxy groups -OCH3 is 1. The molecule has 2 fully saturated rings. The average molecular weight is 491 g/mol. The summed E-state index contributed by atoms with van der Waals surface area (Å²) in [4.78, 5) is 32.1. The first-order chi connectivity index (χ1) is 17.6. The number of carbonyl (C=O) groups is 2. The Hall–Kier alpha value is -3.02. The molecule has 1 saturated heterocycles. The summed E-state index contributed by atoms with van der Waals surface area (Å²) in [5.41, 5.74) is 3.24. The summed E-state index contributed by atoms with van der Waals surface area (Å²) < 4.78 is 11.4. The Balaban J connectivity index is 1.57.